The van der Waals surface area contributed by atoms with E-state index < -0.39 is 54.4 Å². The number of aliphatic hydroxyl groups is 1. The van der Waals surface area contributed by atoms with Gasteiger partial charge in [-0.2, -0.15) is 0 Å². The van der Waals surface area contributed by atoms with E-state index in [4.69, 9.17) is 39.9 Å². The summed E-state index contributed by atoms with van der Waals surface area (Å²) in [4.78, 5) is 36.0. The van der Waals surface area contributed by atoms with Crippen molar-refractivity contribution in [2.75, 3.05) is 18.1 Å². The SMILES string of the molecule is CC1(C)OC2C(O1)[C@H](n1cnc3c(N)ncnc31)O[C@@H]2C(=O)O.CC1(C)OC2[C@H](n3cnc4c(N)ncnc43)O[C@H](CO)[C@H]2O1. The minimum absolute atomic E-state index is 0.152. The lowest BCUT2D eigenvalue weighted by Gasteiger charge is -2.24. The highest BCUT2D eigenvalue weighted by atomic mass is 16.8. The van der Waals surface area contributed by atoms with Gasteiger partial charge in [0, 0.05) is 0 Å². The van der Waals surface area contributed by atoms with Gasteiger partial charge < -0.3 is 50.1 Å². The summed E-state index contributed by atoms with van der Waals surface area (Å²) in [5.74, 6) is -2.18. The van der Waals surface area contributed by atoms with Crippen molar-refractivity contribution in [1.82, 2.24) is 39.0 Å². The van der Waals surface area contributed by atoms with Crippen molar-refractivity contribution in [1.29, 1.82) is 0 Å². The van der Waals surface area contributed by atoms with Gasteiger partial charge in [0.1, 0.15) is 54.2 Å². The largest absolute Gasteiger partial charge is 0.479 e. The van der Waals surface area contributed by atoms with Gasteiger partial charge >= 0.3 is 5.97 Å². The molecule has 8 atom stereocenters. The number of carboxylic acid groups (broad SMARTS) is 1. The van der Waals surface area contributed by atoms with E-state index in [1.165, 1.54) is 19.0 Å². The Labute approximate surface area is 254 Å². The molecule has 6 N–H and O–H groups in total. The molecule has 19 nitrogen and oxygen atoms in total. The normalized spacial score (nSPS) is 32.8. The Hall–Kier alpha value is -4.11. The number of nitrogens with zero attached hydrogens (tertiary/aromatic N) is 8. The summed E-state index contributed by atoms with van der Waals surface area (Å²) in [5, 5.41) is 18.9. The summed E-state index contributed by atoms with van der Waals surface area (Å²) >= 11 is 0. The molecule has 0 aromatic carbocycles. The number of nitrogens with two attached hydrogens (primary N) is 2. The quantitative estimate of drug-likeness (QED) is 0.227. The Kier molecular flexibility index (Phi) is 6.89. The van der Waals surface area contributed by atoms with E-state index in [2.05, 4.69) is 29.9 Å². The monoisotopic (exact) mass is 628 g/mol. The summed E-state index contributed by atoms with van der Waals surface area (Å²) in [5.41, 5.74) is 13.5. The van der Waals surface area contributed by atoms with Crippen LogP contribution in [-0.2, 0) is 33.2 Å². The van der Waals surface area contributed by atoms with E-state index >= 15 is 0 Å². The van der Waals surface area contributed by atoms with Crippen LogP contribution in [0, 0.1) is 0 Å². The number of carboxylic acids is 1. The first kappa shape index (κ1) is 29.6. The zero-order chi connectivity index (χ0) is 31.8. The fourth-order valence-corrected chi connectivity index (χ4v) is 6.14. The maximum absolute atomic E-state index is 11.5. The summed E-state index contributed by atoms with van der Waals surface area (Å²) in [6, 6.07) is 0. The van der Waals surface area contributed by atoms with Gasteiger partial charge in [-0.25, -0.2) is 34.7 Å². The second kappa shape index (κ2) is 10.5. The van der Waals surface area contributed by atoms with E-state index in [9.17, 15) is 15.0 Å². The highest BCUT2D eigenvalue weighted by molar-refractivity contribution is 5.82. The number of aromatic nitrogens is 8. The Bertz CT molecular complexity index is 1760. The molecule has 0 radical (unpaired) electrons. The van der Waals surface area contributed by atoms with Crippen LogP contribution in [0.25, 0.3) is 22.3 Å². The van der Waals surface area contributed by atoms with Crippen molar-refractivity contribution >= 4 is 39.9 Å². The molecule has 8 rings (SSSR count). The first-order chi connectivity index (χ1) is 21.4. The molecular weight excluding hydrogens is 596 g/mol. The van der Waals surface area contributed by atoms with Gasteiger partial charge in [-0.05, 0) is 27.7 Å². The van der Waals surface area contributed by atoms with Crippen LogP contribution in [0.1, 0.15) is 40.2 Å². The summed E-state index contributed by atoms with van der Waals surface area (Å²) < 4.78 is 38.2. The molecule has 4 aliphatic rings. The minimum Gasteiger partial charge on any atom is -0.479 e. The van der Waals surface area contributed by atoms with Crippen LogP contribution >= 0.6 is 0 Å². The molecule has 8 heterocycles. The fraction of sp³-hybridized carbons (Fsp3) is 0.577. The number of anilines is 2. The van der Waals surface area contributed by atoms with Crippen LogP contribution in [0.4, 0.5) is 11.6 Å². The molecule has 4 aliphatic heterocycles. The predicted molar refractivity (Wildman–Crippen MR) is 150 cm³/mol. The second-order valence-corrected chi connectivity index (χ2v) is 11.8. The standard InChI is InChI=1S/C13H15N5O5.C13H17N5O4/c1-13(2)22-6-7(23-13)11(21-8(6)12(19)20)18-4-17-5-9(14)15-3-16-10(5)18;1-13(2)21-8-6(3-19)20-12(9(8)22-13)18-5-17-7-10(14)15-4-16-11(7)18/h3-4,6-8,11H,1-2H3,(H,19,20)(H2,14,15,16);4-6,8-9,12,19H,3H2,1-2H3,(H2,14,15,16)/t6?,7?,8-,11+;6-,8-,9?,12-/m01/s1. The first-order valence-corrected chi connectivity index (χ1v) is 14.1. The van der Waals surface area contributed by atoms with Gasteiger partial charge in [-0.3, -0.25) is 9.13 Å². The average Bonchev–Trinajstić information content (AvgIpc) is 3.80. The maximum Gasteiger partial charge on any atom is 0.335 e. The Morgan fingerprint density at radius 3 is 1.73 bits per heavy atom. The van der Waals surface area contributed by atoms with Gasteiger partial charge in [0.15, 0.2) is 53.1 Å². The van der Waals surface area contributed by atoms with Gasteiger partial charge in [0.25, 0.3) is 0 Å². The Morgan fingerprint density at radius 2 is 1.22 bits per heavy atom. The van der Waals surface area contributed by atoms with Gasteiger partial charge in [-0.15, -0.1) is 0 Å². The lowest BCUT2D eigenvalue weighted by atomic mass is 10.1. The molecule has 4 aromatic rings. The number of fused-ring (bicyclic) bond motifs is 4. The number of aliphatic hydroxyl groups excluding tert-OH is 1. The van der Waals surface area contributed by atoms with E-state index in [1.807, 2.05) is 13.8 Å². The number of aliphatic carboxylic acids is 1. The molecule has 4 fully saturated rings. The van der Waals surface area contributed by atoms with E-state index in [-0.39, 0.29) is 24.6 Å². The van der Waals surface area contributed by atoms with Crippen molar-refractivity contribution in [2.45, 2.75) is 88.3 Å². The third kappa shape index (κ3) is 4.92. The van der Waals surface area contributed by atoms with Crippen LogP contribution in [0.15, 0.2) is 25.3 Å². The van der Waals surface area contributed by atoms with Crippen molar-refractivity contribution in [3.05, 3.63) is 25.3 Å². The van der Waals surface area contributed by atoms with Crippen molar-refractivity contribution in [2.24, 2.45) is 0 Å². The zero-order valence-electron chi connectivity index (χ0n) is 24.6. The summed E-state index contributed by atoms with van der Waals surface area (Å²) in [6.45, 7) is 6.98. The van der Waals surface area contributed by atoms with E-state index in [1.54, 1.807) is 29.3 Å². The molecule has 0 bridgehead atoms. The minimum atomic E-state index is -1.14. The number of rotatable bonds is 4. The van der Waals surface area contributed by atoms with Crippen LogP contribution in [0.2, 0.25) is 0 Å². The lowest BCUT2D eigenvalue weighted by Crippen LogP contribution is -2.35. The van der Waals surface area contributed by atoms with Gasteiger partial charge in [0.05, 0.1) is 19.3 Å². The molecule has 240 valence electrons. The molecule has 19 heteroatoms. The number of ether oxygens (including phenoxy) is 6. The summed E-state index contributed by atoms with van der Waals surface area (Å²) in [7, 11) is 0. The average molecular weight is 629 g/mol. The predicted octanol–water partition coefficient (Wildman–Crippen LogP) is -0.271. The van der Waals surface area contributed by atoms with Crippen LogP contribution in [0.5, 0.6) is 0 Å². The second-order valence-electron chi connectivity index (χ2n) is 11.8. The van der Waals surface area contributed by atoms with Crippen molar-refractivity contribution in [3.63, 3.8) is 0 Å². The topological polar surface area (TPSA) is 252 Å². The van der Waals surface area contributed by atoms with Crippen molar-refractivity contribution < 1.29 is 43.4 Å². The smallest absolute Gasteiger partial charge is 0.335 e. The Morgan fingerprint density at radius 1 is 0.756 bits per heavy atom. The molecule has 0 saturated carbocycles. The number of hydrogen-bond acceptors (Lipinski definition) is 16. The van der Waals surface area contributed by atoms with Crippen LogP contribution < -0.4 is 11.5 Å². The number of hydrogen-bond donors (Lipinski definition) is 4. The maximum atomic E-state index is 11.5. The molecule has 4 aromatic heterocycles. The van der Waals surface area contributed by atoms with E-state index in [0.29, 0.717) is 28.1 Å². The fourth-order valence-electron chi connectivity index (χ4n) is 6.14. The highest BCUT2D eigenvalue weighted by Gasteiger charge is 2.59. The third-order valence-corrected chi connectivity index (χ3v) is 7.90. The summed E-state index contributed by atoms with van der Waals surface area (Å²) in [6.07, 6.45) is 0.907. The van der Waals surface area contributed by atoms with E-state index in [0.717, 1.165) is 0 Å². The molecule has 45 heavy (non-hydrogen) atoms. The number of carbonyl (C=O) groups is 1. The first-order valence-electron chi connectivity index (χ1n) is 14.1. The molecule has 4 saturated heterocycles. The number of nitrogen functional groups attached to an aromatic ring is 2. The van der Waals surface area contributed by atoms with Crippen molar-refractivity contribution in [3.8, 4) is 0 Å². The van der Waals surface area contributed by atoms with Crippen LogP contribution in [0.3, 0.4) is 0 Å². The molecule has 0 aliphatic carbocycles. The molecule has 3 unspecified atom stereocenters. The molecule has 0 spiro atoms. The highest BCUT2D eigenvalue weighted by Crippen LogP contribution is 2.45. The molecule has 0 amide bonds. The van der Waals surface area contributed by atoms with Gasteiger partial charge in [-0.1, -0.05) is 0 Å². The lowest BCUT2D eigenvalue weighted by molar-refractivity contribution is -0.202. The van der Waals surface area contributed by atoms with Crippen LogP contribution in [-0.4, -0.2) is 110 Å². The molecular formula is C26H32N10O9. The zero-order valence-corrected chi connectivity index (χ0v) is 24.6. The van der Waals surface area contributed by atoms with Gasteiger partial charge in [0.2, 0.25) is 0 Å². The third-order valence-electron chi connectivity index (χ3n) is 7.90. The number of imidazole rings is 2. The Balaban J connectivity index is 0.000000145.